The number of carboxylic acids is 1. The Morgan fingerprint density at radius 3 is 2.88 bits per heavy atom. The maximum Gasteiger partial charge on any atom is 0.340 e. The minimum Gasteiger partial charge on any atom is -0.478 e. The predicted octanol–water partition coefficient (Wildman–Crippen LogP) is 2.27. The highest BCUT2D eigenvalue weighted by Crippen LogP contribution is 2.25. The molecule has 4 N–H and O–H groups in total. The molecule has 0 atom stereocenters. The summed E-state index contributed by atoms with van der Waals surface area (Å²) in [7, 11) is 0. The molecule has 1 aromatic carbocycles. The molecule has 0 saturated heterocycles. The van der Waals surface area contributed by atoms with Crippen LogP contribution in [0.25, 0.3) is 0 Å². The third-order valence-corrected chi connectivity index (χ3v) is 2.94. The zero-order valence-electron chi connectivity index (χ0n) is 9.50. The van der Waals surface area contributed by atoms with E-state index < -0.39 is 11.8 Å². The quantitative estimate of drug-likeness (QED) is 0.539. The number of rotatable bonds is 6. The second-order valence-electron chi connectivity index (χ2n) is 3.46. The van der Waals surface area contributed by atoms with Gasteiger partial charge in [0, 0.05) is 6.54 Å². The van der Waals surface area contributed by atoms with Gasteiger partial charge in [0.25, 0.3) is 0 Å². The summed E-state index contributed by atoms with van der Waals surface area (Å²) in [5.41, 5.74) is 5.25. The van der Waals surface area contributed by atoms with Gasteiger partial charge in [-0.15, -0.1) is 0 Å². The summed E-state index contributed by atoms with van der Waals surface area (Å²) in [4.78, 5) is 11.0. The van der Waals surface area contributed by atoms with Crippen LogP contribution < -0.4 is 11.1 Å². The first-order valence-electron chi connectivity index (χ1n) is 5.12. The van der Waals surface area contributed by atoms with Gasteiger partial charge in [0.15, 0.2) is 0 Å². The number of anilines is 2. The lowest BCUT2D eigenvalue weighted by Gasteiger charge is -2.11. The van der Waals surface area contributed by atoms with Crippen molar-refractivity contribution < 1.29 is 14.3 Å². The van der Waals surface area contributed by atoms with Gasteiger partial charge in [0.1, 0.15) is 11.4 Å². The van der Waals surface area contributed by atoms with E-state index in [9.17, 15) is 9.18 Å². The lowest BCUT2D eigenvalue weighted by molar-refractivity contribution is 0.0698. The summed E-state index contributed by atoms with van der Waals surface area (Å²) in [5, 5.41) is 11.9. The fraction of sp³-hybridized carbons (Fsp3) is 0.364. The molecule has 1 rings (SSSR count). The molecule has 0 aliphatic heterocycles. The zero-order valence-corrected chi connectivity index (χ0v) is 10.3. The first-order valence-corrected chi connectivity index (χ1v) is 6.51. The molecular formula is C11H15FN2O2S. The third-order valence-electron chi connectivity index (χ3n) is 2.25. The van der Waals surface area contributed by atoms with Crippen LogP contribution in [0.2, 0.25) is 0 Å². The monoisotopic (exact) mass is 258 g/mol. The molecule has 0 aliphatic carbocycles. The number of hydrogen-bond acceptors (Lipinski definition) is 4. The van der Waals surface area contributed by atoms with E-state index in [0.717, 1.165) is 12.2 Å². The molecule has 0 radical (unpaired) electrons. The number of nitrogens with one attached hydrogen (secondary N) is 1. The lowest BCUT2D eigenvalue weighted by Crippen LogP contribution is -2.11. The Hall–Kier alpha value is -1.43. The van der Waals surface area contributed by atoms with Gasteiger partial charge < -0.3 is 16.2 Å². The number of halogens is 1. The molecule has 0 bridgehead atoms. The van der Waals surface area contributed by atoms with Crippen molar-refractivity contribution in [3.05, 3.63) is 23.5 Å². The molecule has 0 saturated carbocycles. The Balaban J connectivity index is 2.84. The Morgan fingerprint density at radius 2 is 2.29 bits per heavy atom. The van der Waals surface area contributed by atoms with Crippen LogP contribution in [0.15, 0.2) is 12.1 Å². The van der Waals surface area contributed by atoms with Gasteiger partial charge in [0.2, 0.25) is 0 Å². The Kier molecular flexibility index (Phi) is 5.09. The van der Waals surface area contributed by atoms with Crippen LogP contribution in [0.1, 0.15) is 16.8 Å². The number of benzene rings is 1. The largest absolute Gasteiger partial charge is 0.478 e. The molecular weight excluding hydrogens is 243 g/mol. The van der Waals surface area contributed by atoms with E-state index in [0.29, 0.717) is 12.2 Å². The van der Waals surface area contributed by atoms with Gasteiger partial charge >= 0.3 is 5.97 Å². The Labute approximate surface area is 103 Å². The molecule has 0 spiro atoms. The molecule has 1 aromatic rings. The van der Waals surface area contributed by atoms with Gasteiger partial charge in [-0.2, -0.15) is 11.8 Å². The van der Waals surface area contributed by atoms with Crippen molar-refractivity contribution in [3.63, 3.8) is 0 Å². The first-order chi connectivity index (χ1) is 8.07. The van der Waals surface area contributed by atoms with Crippen LogP contribution in [0, 0.1) is 5.82 Å². The SMILES string of the molecule is CSCCCNc1ccc(F)c(N)c1C(=O)O. The number of thioether (sulfide) groups is 1. The number of nitrogen functional groups attached to an aromatic ring is 1. The minimum atomic E-state index is -1.23. The van der Waals surface area contributed by atoms with E-state index in [2.05, 4.69) is 5.32 Å². The summed E-state index contributed by atoms with van der Waals surface area (Å²) in [6, 6.07) is 2.56. The molecule has 0 aromatic heterocycles. The van der Waals surface area contributed by atoms with Crippen molar-refractivity contribution in [1.82, 2.24) is 0 Å². The highest BCUT2D eigenvalue weighted by atomic mass is 32.2. The maximum atomic E-state index is 13.1. The Bertz CT molecular complexity index is 413. The average Bonchev–Trinajstić information content (AvgIpc) is 2.28. The highest BCUT2D eigenvalue weighted by molar-refractivity contribution is 7.98. The lowest BCUT2D eigenvalue weighted by atomic mass is 10.1. The molecule has 4 nitrogen and oxygen atoms in total. The van der Waals surface area contributed by atoms with Gasteiger partial charge in [0.05, 0.1) is 11.4 Å². The van der Waals surface area contributed by atoms with Crippen molar-refractivity contribution in [3.8, 4) is 0 Å². The van der Waals surface area contributed by atoms with E-state index in [-0.39, 0.29) is 11.3 Å². The van der Waals surface area contributed by atoms with E-state index in [1.165, 1.54) is 12.1 Å². The normalized spacial score (nSPS) is 10.2. The van der Waals surface area contributed by atoms with Gasteiger partial charge in [-0.1, -0.05) is 0 Å². The molecule has 0 unspecified atom stereocenters. The van der Waals surface area contributed by atoms with Crippen LogP contribution in [-0.4, -0.2) is 29.6 Å². The smallest absolute Gasteiger partial charge is 0.340 e. The van der Waals surface area contributed by atoms with Gasteiger partial charge in [-0.25, -0.2) is 9.18 Å². The fourth-order valence-corrected chi connectivity index (χ4v) is 1.84. The summed E-state index contributed by atoms with van der Waals surface area (Å²) < 4.78 is 13.1. The molecule has 6 heteroatoms. The van der Waals surface area contributed by atoms with E-state index >= 15 is 0 Å². The molecule has 0 fully saturated rings. The van der Waals surface area contributed by atoms with Crippen molar-refractivity contribution in [2.45, 2.75) is 6.42 Å². The second kappa shape index (κ2) is 6.34. The standard InChI is InChI=1S/C11H15FN2O2S/c1-17-6-2-5-14-8-4-3-7(12)10(13)9(8)11(15)16/h3-4,14H,2,5-6,13H2,1H3,(H,15,16). The van der Waals surface area contributed by atoms with Crippen LogP contribution in [0.4, 0.5) is 15.8 Å². The van der Waals surface area contributed by atoms with Crippen LogP contribution >= 0.6 is 11.8 Å². The average molecular weight is 258 g/mol. The third kappa shape index (κ3) is 3.52. The second-order valence-corrected chi connectivity index (χ2v) is 4.45. The molecule has 0 amide bonds. The van der Waals surface area contributed by atoms with E-state index in [4.69, 9.17) is 10.8 Å². The van der Waals surface area contributed by atoms with Gasteiger partial charge in [-0.3, -0.25) is 0 Å². The van der Waals surface area contributed by atoms with E-state index in [1.807, 2.05) is 6.26 Å². The molecule has 94 valence electrons. The minimum absolute atomic E-state index is 0.200. The van der Waals surface area contributed by atoms with Crippen molar-refractivity contribution in [2.75, 3.05) is 29.6 Å². The van der Waals surface area contributed by atoms with Crippen LogP contribution in [0.5, 0.6) is 0 Å². The Morgan fingerprint density at radius 1 is 1.59 bits per heavy atom. The number of hydrogen-bond donors (Lipinski definition) is 3. The highest BCUT2D eigenvalue weighted by Gasteiger charge is 2.16. The molecule has 0 heterocycles. The molecule has 0 aliphatic rings. The topological polar surface area (TPSA) is 75.3 Å². The van der Waals surface area contributed by atoms with Crippen molar-refractivity contribution >= 4 is 29.1 Å². The van der Waals surface area contributed by atoms with Crippen molar-refractivity contribution in [2.24, 2.45) is 0 Å². The first kappa shape index (κ1) is 13.6. The zero-order chi connectivity index (χ0) is 12.8. The summed E-state index contributed by atoms with van der Waals surface area (Å²) in [5.74, 6) is -0.960. The molecule has 17 heavy (non-hydrogen) atoms. The van der Waals surface area contributed by atoms with Crippen molar-refractivity contribution in [1.29, 1.82) is 0 Å². The number of carboxylic acid groups (broad SMARTS) is 1. The van der Waals surface area contributed by atoms with Gasteiger partial charge in [-0.05, 0) is 30.6 Å². The fourth-order valence-electron chi connectivity index (χ4n) is 1.41. The van der Waals surface area contributed by atoms with Crippen LogP contribution in [0.3, 0.4) is 0 Å². The summed E-state index contributed by atoms with van der Waals surface area (Å²) >= 11 is 1.71. The summed E-state index contributed by atoms with van der Waals surface area (Å²) in [6.07, 6.45) is 2.90. The maximum absolute atomic E-state index is 13.1. The number of aromatic carboxylic acids is 1. The number of nitrogens with two attached hydrogens (primary N) is 1. The predicted molar refractivity (Wildman–Crippen MR) is 69.3 cm³/mol. The number of carbonyl (C=O) groups is 1. The summed E-state index contributed by atoms with van der Waals surface area (Å²) in [6.45, 7) is 0.631. The van der Waals surface area contributed by atoms with Crippen LogP contribution in [-0.2, 0) is 0 Å². The van der Waals surface area contributed by atoms with E-state index in [1.54, 1.807) is 11.8 Å².